The third-order valence-corrected chi connectivity index (χ3v) is 2.59. The molecule has 2 rings (SSSR count). The molecule has 1 aliphatic rings. The molecule has 0 unspecified atom stereocenters. The van der Waals surface area contributed by atoms with Crippen molar-refractivity contribution in [3.63, 3.8) is 0 Å². The van der Waals surface area contributed by atoms with Gasteiger partial charge in [0.05, 0.1) is 0 Å². The summed E-state index contributed by atoms with van der Waals surface area (Å²) >= 11 is 0. The van der Waals surface area contributed by atoms with Gasteiger partial charge in [-0.2, -0.15) is 0 Å². The average molecular weight is 210 g/mol. The zero-order valence-corrected chi connectivity index (χ0v) is 8.56. The van der Waals surface area contributed by atoms with E-state index in [2.05, 4.69) is 27.2 Å². The van der Waals surface area contributed by atoms with Crippen LogP contribution in [0.25, 0.3) is 0 Å². The minimum Gasteiger partial charge on any atom is -0.378 e. The fourth-order valence-electron chi connectivity index (χ4n) is 2.00. The predicted molar refractivity (Wildman–Crippen MR) is 54.1 cm³/mol. The summed E-state index contributed by atoms with van der Waals surface area (Å²) in [5.74, 6) is 1.36. The number of nitrogens with zero attached hydrogens (tertiary/aromatic N) is 2. The summed E-state index contributed by atoms with van der Waals surface area (Å²) in [5.41, 5.74) is 5.51. The van der Waals surface area contributed by atoms with E-state index in [4.69, 9.17) is 5.73 Å². The molecular weight excluding hydrogens is 196 g/mol. The molecule has 15 heavy (non-hydrogen) atoms. The van der Waals surface area contributed by atoms with E-state index >= 15 is 0 Å². The molecule has 82 valence electrons. The molecule has 0 bridgehead atoms. The number of nitrogens with two attached hydrogens (primary N) is 1. The van der Waals surface area contributed by atoms with E-state index < -0.39 is 0 Å². The minimum absolute atomic E-state index is 0.0930. The van der Waals surface area contributed by atoms with Crippen molar-refractivity contribution in [2.45, 2.75) is 32.2 Å². The van der Waals surface area contributed by atoms with E-state index in [1.54, 1.807) is 0 Å². The van der Waals surface area contributed by atoms with Gasteiger partial charge in [-0.05, 0) is 22.7 Å². The Balaban J connectivity index is 2.00. The van der Waals surface area contributed by atoms with Crippen LogP contribution in [-0.2, 0) is 4.79 Å². The summed E-state index contributed by atoms with van der Waals surface area (Å²) in [6.07, 6.45) is 2.14. The Hall–Kier alpha value is -1.59. The van der Waals surface area contributed by atoms with Crippen LogP contribution in [-0.4, -0.2) is 22.1 Å². The first-order chi connectivity index (χ1) is 7.15. The lowest BCUT2D eigenvalue weighted by Gasteiger charge is -2.26. The van der Waals surface area contributed by atoms with Crippen LogP contribution in [0.15, 0.2) is 4.63 Å². The Morgan fingerprint density at radius 3 is 2.87 bits per heavy atom. The number of hydrogen-bond donors (Lipinski definition) is 2. The molecule has 0 spiro atoms. The zero-order valence-electron chi connectivity index (χ0n) is 8.56. The van der Waals surface area contributed by atoms with Crippen molar-refractivity contribution in [3.8, 4) is 0 Å². The third-order valence-electron chi connectivity index (χ3n) is 2.59. The summed E-state index contributed by atoms with van der Waals surface area (Å²) in [6, 6.07) is 0.0930. The molecule has 0 aliphatic heterocycles. The molecule has 0 saturated heterocycles. The summed E-state index contributed by atoms with van der Waals surface area (Å²) in [7, 11) is 0. The molecule has 1 saturated carbocycles. The van der Waals surface area contributed by atoms with E-state index in [0.29, 0.717) is 24.6 Å². The number of rotatable bonds is 2. The van der Waals surface area contributed by atoms with Gasteiger partial charge in [-0.3, -0.25) is 4.79 Å². The first kappa shape index (κ1) is 9.95. The van der Waals surface area contributed by atoms with Gasteiger partial charge >= 0.3 is 0 Å². The SMILES string of the molecule is C[C@H]1CC(=O)C[C@H](Nc2nonc2N)C1. The van der Waals surface area contributed by atoms with Crippen LogP contribution in [0.5, 0.6) is 0 Å². The number of ketones is 1. The molecule has 0 radical (unpaired) electrons. The van der Waals surface area contributed by atoms with E-state index in [-0.39, 0.29) is 17.6 Å². The second-order valence-corrected chi connectivity index (χ2v) is 4.13. The van der Waals surface area contributed by atoms with E-state index in [9.17, 15) is 4.79 Å². The van der Waals surface area contributed by atoms with Gasteiger partial charge in [-0.1, -0.05) is 6.92 Å². The normalized spacial score (nSPS) is 26.6. The first-order valence-corrected chi connectivity index (χ1v) is 5.01. The van der Waals surface area contributed by atoms with Crippen molar-refractivity contribution in [1.29, 1.82) is 0 Å². The van der Waals surface area contributed by atoms with Crippen LogP contribution in [0, 0.1) is 5.92 Å². The highest BCUT2D eigenvalue weighted by Crippen LogP contribution is 2.24. The molecule has 1 aromatic heterocycles. The topological polar surface area (TPSA) is 94.0 Å². The van der Waals surface area contributed by atoms with Crippen molar-refractivity contribution in [2.75, 3.05) is 11.1 Å². The highest BCUT2D eigenvalue weighted by molar-refractivity contribution is 5.80. The predicted octanol–water partition coefficient (Wildman–Crippen LogP) is 0.821. The zero-order chi connectivity index (χ0) is 10.8. The lowest BCUT2D eigenvalue weighted by atomic mass is 9.86. The third kappa shape index (κ3) is 2.26. The maximum atomic E-state index is 11.4. The molecule has 6 nitrogen and oxygen atoms in total. The molecule has 1 aliphatic carbocycles. The van der Waals surface area contributed by atoms with Crippen molar-refractivity contribution in [3.05, 3.63) is 0 Å². The van der Waals surface area contributed by atoms with Crippen LogP contribution in [0.4, 0.5) is 11.6 Å². The van der Waals surface area contributed by atoms with Gasteiger partial charge in [0.25, 0.3) is 0 Å². The summed E-state index contributed by atoms with van der Waals surface area (Å²) in [6.45, 7) is 2.07. The Morgan fingerprint density at radius 2 is 2.27 bits per heavy atom. The highest BCUT2D eigenvalue weighted by Gasteiger charge is 2.25. The molecule has 2 atom stereocenters. The first-order valence-electron chi connectivity index (χ1n) is 5.01. The van der Waals surface area contributed by atoms with Crippen molar-refractivity contribution < 1.29 is 9.42 Å². The number of nitrogens with one attached hydrogen (secondary N) is 1. The van der Waals surface area contributed by atoms with Gasteiger partial charge in [0.15, 0.2) is 0 Å². The Bertz CT molecular complexity index is 363. The summed E-state index contributed by atoms with van der Waals surface area (Å²) < 4.78 is 4.47. The fourth-order valence-corrected chi connectivity index (χ4v) is 2.00. The number of hydrogen-bond acceptors (Lipinski definition) is 6. The monoisotopic (exact) mass is 210 g/mol. The number of carbonyl (C=O) groups excluding carboxylic acids is 1. The Labute approximate surface area is 87.2 Å². The van der Waals surface area contributed by atoms with Crippen LogP contribution < -0.4 is 11.1 Å². The number of aromatic nitrogens is 2. The lowest BCUT2D eigenvalue weighted by molar-refractivity contribution is -0.121. The van der Waals surface area contributed by atoms with E-state index in [0.717, 1.165) is 6.42 Å². The standard InChI is InChI=1S/C9H14N4O2/c1-5-2-6(4-7(14)3-5)11-9-8(10)12-15-13-9/h5-6H,2-4H2,1H3,(H2,10,12)(H,11,13)/t5-,6-/m1/s1. The molecule has 1 heterocycles. The Morgan fingerprint density at radius 1 is 1.47 bits per heavy atom. The second-order valence-electron chi connectivity index (χ2n) is 4.13. The van der Waals surface area contributed by atoms with Crippen LogP contribution in [0.1, 0.15) is 26.2 Å². The smallest absolute Gasteiger partial charge is 0.215 e. The molecule has 1 aromatic rings. The van der Waals surface area contributed by atoms with Gasteiger partial charge in [0.2, 0.25) is 11.6 Å². The van der Waals surface area contributed by atoms with Crippen LogP contribution >= 0.6 is 0 Å². The van der Waals surface area contributed by atoms with E-state index in [1.165, 1.54) is 0 Å². The maximum absolute atomic E-state index is 11.4. The largest absolute Gasteiger partial charge is 0.378 e. The number of nitrogen functional groups attached to an aromatic ring is 1. The molecule has 0 aromatic carbocycles. The molecule has 1 fully saturated rings. The molecule has 6 heteroatoms. The molecule has 0 amide bonds. The van der Waals surface area contributed by atoms with Crippen LogP contribution in [0.2, 0.25) is 0 Å². The average Bonchev–Trinajstić information content (AvgIpc) is 2.50. The molecular formula is C9H14N4O2. The number of carbonyl (C=O) groups is 1. The highest BCUT2D eigenvalue weighted by atomic mass is 16.6. The fraction of sp³-hybridized carbons (Fsp3) is 0.667. The number of anilines is 2. The van der Waals surface area contributed by atoms with E-state index in [1.807, 2.05) is 0 Å². The van der Waals surface area contributed by atoms with Gasteiger partial charge in [-0.25, -0.2) is 4.63 Å². The minimum atomic E-state index is 0.0930. The summed E-state index contributed by atoms with van der Waals surface area (Å²) in [5, 5.41) is 10.2. The molecule has 3 N–H and O–H groups in total. The van der Waals surface area contributed by atoms with Crippen molar-refractivity contribution in [2.24, 2.45) is 5.92 Å². The van der Waals surface area contributed by atoms with Gasteiger partial charge in [-0.15, -0.1) is 0 Å². The van der Waals surface area contributed by atoms with Crippen molar-refractivity contribution >= 4 is 17.4 Å². The van der Waals surface area contributed by atoms with Gasteiger partial charge in [0, 0.05) is 18.9 Å². The summed E-state index contributed by atoms with van der Waals surface area (Å²) in [4.78, 5) is 11.4. The van der Waals surface area contributed by atoms with Gasteiger partial charge < -0.3 is 11.1 Å². The van der Waals surface area contributed by atoms with Crippen molar-refractivity contribution in [1.82, 2.24) is 10.3 Å². The maximum Gasteiger partial charge on any atom is 0.215 e. The van der Waals surface area contributed by atoms with Gasteiger partial charge in [0.1, 0.15) is 5.78 Å². The lowest BCUT2D eigenvalue weighted by Crippen LogP contribution is -2.31. The second kappa shape index (κ2) is 3.88. The number of Topliss-reactive ketones (excluding diaryl/α,β-unsaturated/α-hetero) is 1. The van der Waals surface area contributed by atoms with Crippen LogP contribution in [0.3, 0.4) is 0 Å². The Kier molecular flexibility index (Phi) is 2.57. The quantitative estimate of drug-likeness (QED) is 0.750.